The molecular weight excluding hydrogens is 1610 g/mol. The molecule has 0 spiro atoms. The molecule has 26 N–H and O–H groups in total. The maximum Gasteiger partial charge on any atom is 4.00 e. The van der Waals surface area contributed by atoms with Crippen LogP contribution < -0.4 is 116 Å². The van der Waals surface area contributed by atoms with Crippen LogP contribution in [0.1, 0.15) is 45.1 Å². The normalized spacial score (nSPS) is 13.1. The molecule has 2 unspecified atom stereocenters. The summed E-state index contributed by atoms with van der Waals surface area (Å²) in [6, 6.07) is 19.6. The average molecular weight is 1690 g/mol. The standard InChI is InChI=1S/C35H50N12O10.C18H15O9PS3.C8H20N4O6.Na.Tc/c1-20(2)29(36)32(53)44-23(7-5-14-40-34(37)38)30(51)42-19-27(48)43-24(18-28(49)50)31(52)45-25(33(54)55)17-21-9-11-22(12-10-21)57-16-6-15-41-35(56)47-46-26-8-3-4-13-39-26;19-29(20,21)16-7-1-4-13(10-16)28(14-5-2-8-17(11-14)30(22,23)24)15-6-3-9-18(12-15)31(25,26)27;9-6(7(17)18)5(1-13)8(10-2-14,11-3-15)12-4-16;;/h3-4,8-13,20,23-25,29H,5-7,14-19,36H2,1-2H3,(H,41,56)(H,42,51)(H,43,48)(H,44,53)(H,45,52)(H,49,50)(H,54,55)(H4,37,38,40);1-12H,(H,19,20,21)(H,22,23,24)(H,25,26,27);5-6,10-16H,1-4,9H2,(H,17,18);;/q;;;+1;+4/b47-46+;;;;/t23-,24-,25-,29-;;;;/m0..../s1/i;;;;1+1. The van der Waals surface area contributed by atoms with Gasteiger partial charge in [0.25, 0.3) is 30.4 Å². The maximum atomic E-state index is 13.1. The van der Waals surface area contributed by atoms with Crippen molar-refractivity contribution < 1.29 is 167 Å². The summed E-state index contributed by atoms with van der Waals surface area (Å²) in [6.45, 7) is 0.864. The number of aliphatic carboxylic acids is 3. The van der Waals surface area contributed by atoms with E-state index in [-0.39, 0.29) is 100 Å². The summed E-state index contributed by atoms with van der Waals surface area (Å²) in [5.41, 5.74) is 22.5. The first-order chi connectivity index (χ1) is 49.8. The fraction of sp³-hybridized carbons (Fsp3) is 0.377. The van der Waals surface area contributed by atoms with Crippen LogP contribution in [0.15, 0.2) is 151 Å². The Labute approximate surface area is 656 Å². The van der Waals surface area contributed by atoms with Crippen molar-refractivity contribution in [2.24, 2.45) is 50.0 Å². The predicted molar refractivity (Wildman–Crippen MR) is 378 cm³/mol. The molecule has 0 fully saturated rings. The topological polar surface area (TPSA) is 701 Å². The Kier molecular flexibility index (Phi) is 43.9. The summed E-state index contributed by atoms with van der Waals surface area (Å²) < 4.78 is 103. The van der Waals surface area contributed by atoms with Gasteiger partial charge in [-0.05, 0) is 115 Å². The first-order valence-corrected chi connectivity index (χ1v) is 36.9. The van der Waals surface area contributed by atoms with Crippen LogP contribution in [0.5, 0.6) is 5.75 Å². The second kappa shape index (κ2) is 48.4. The van der Waals surface area contributed by atoms with Crippen molar-refractivity contribution in [1.29, 1.82) is 0 Å². The van der Waals surface area contributed by atoms with Crippen molar-refractivity contribution in [3.05, 3.63) is 127 Å². The van der Waals surface area contributed by atoms with Crippen LogP contribution in [0.4, 0.5) is 10.6 Å². The molecule has 0 aliphatic rings. The summed E-state index contributed by atoms with van der Waals surface area (Å²) in [5, 5.41) is 91.3. The number of carboxylic acid groups (broad SMARTS) is 3. The van der Waals surface area contributed by atoms with Gasteiger partial charge in [-0.1, -0.05) is 73.6 Å². The quantitative estimate of drug-likeness (QED) is 0.00253. The number of ether oxygens (including phenoxy) is 1. The number of aliphatic imine (C=N–C) groups is 1. The van der Waals surface area contributed by atoms with E-state index >= 15 is 0 Å². The molecule has 0 aliphatic heterocycles. The summed E-state index contributed by atoms with van der Waals surface area (Å²) in [7, 11) is -15.4. The fourth-order valence-corrected chi connectivity index (χ4v) is 13.4. The summed E-state index contributed by atoms with van der Waals surface area (Å²) in [6.07, 6.45) is 1.19. The number of aliphatic hydroxyl groups excluding tert-OH is 4. The number of rotatable bonds is 40. The van der Waals surface area contributed by atoms with Gasteiger partial charge in [-0.3, -0.25) is 63.4 Å². The number of nitrogens with two attached hydrogens (primary N) is 4. The molecule has 108 heavy (non-hydrogen) atoms. The van der Waals surface area contributed by atoms with Crippen LogP contribution in [-0.4, -0.2) is 222 Å². The molecule has 47 heteroatoms. The van der Waals surface area contributed by atoms with Gasteiger partial charge in [-0.25, -0.2) is 14.6 Å². The van der Waals surface area contributed by atoms with E-state index in [4.69, 9.17) is 48.1 Å². The number of hydrogen-bond acceptors (Lipinski definition) is 27. The number of carbonyl (C=O) groups excluding carboxylic acids is 5. The van der Waals surface area contributed by atoms with Gasteiger partial charge in [0.05, 0.1) is 73.0 Å². The Morgan fingerprint density at radius 3 is 1.55 bits per heavy atom. The number of hydrogen-bond donors (Lipinski definition) is 22. The van der Waals surface area contributed by atoms with Crippen LogP contribution >= 0.6 is 7.92 Å². The molecule has 5 rings (SSSR count). The number of azo groups is 1. The third kappa shape index (κ3) is 34.6. The predicted octanol–water partition coefficient (Wildman–Crippen LogP) is -7.48. The minimum atomic E-state index is -4.55. The van der Waals surface area contributed by atoms with Crippen molar-refractivity contribution in [3.8, 4) is 5.75 Å². The van der Waals surface area contributed by atoms with Gasteiger partial charge in [0.1, 0.15) is 35.7 Å². The van der Waals surface area contributed by atoms with Gasteiger partial charge >= 0.3 is 73.6 Å². The van der Waals surface area contributed by atoms with Gasteiger partial charge in [0, 0.05) is 25.7 Å². The molecule has 0 bridgehead atoms. The number of nitrogens with one attached hydrogen (secondary N) is 8. The van der Waals surface area contributed by atoms with E-state index < -0.39 is 182 Å². The number of amides is 6. The molecule has 1 radical (unpaired) electrons. The molecule has 585 valence electrons. The number of nitrogens with zero attached hydrogens (tertiary/aromatic N) is 4. The molecule has 1 aromatic heterocycles. The van der Waals surface area contributed by atoms with Crippen LogP contribution in [0.25, 0.3) is 0 Å². The summed E-state index contributed by atoms with van der Waals surface area (Å²) in [5.74, 6) is -10.2. The van der Waals surface area contributed by atoms with Crippen molar-refractivity contribution >= 4 is 114 Å². The molecule has 4 aromatic carbocycles. The Hall–Kier alpha value is -8.09. The van der Waals surface area contributed by atoms with Crippen molar-refractivity contribution in [1.82, 2.24) is 47.5 Å². The number of guanidine groups is 1. The molecular formula is C61H85N16NaO25PS3Tc+5. The second-order valence-electron chi connectivity index (χ2n) is 22.5. The third-order valence-electron chi connectivity index (χ3n) is 14.5. The minimum absolute atomic E-state index is 0. The first kappa shape index (κ1) is 97.9. The second-order valence-corrected chi connectivity index (χ2v) is 29.0. The minimum Gasteiger partial charge on any atom is -0.494 e. The molecule has 1 heterocycles. The van der Waals surface area contributed by atoms with Gasteiger partial charge in [-0.2, -0.15) is 25.3 Å². The zero-order valence-corrected chi connectivity index (χ0v) is 65.2. The molecule has 5 aromatic rings. The van der Waals surface area contributed by atoms with E-state index in [2.05, 4.69) is 62.7 Å². The first-order valence-electron chi connectivity index (χ1n) is 31.3. The third-order valence-corrected chi connectivity index (χ3v) is 19.4. The van der Waals surface area contributed by atoms with Crippen molar-refractivity contribution in [2.45, 2.75) is 96.6 Å². The molecule has 0 saturated heterocycles. The Morgan fingerprint density at radius 2 is 1.12 bits per heavy atom. The van der Waals surface area contributed by atoms with Gasteiger partial charge in [-0.15, -0.1) is 5.11 Å². The number of benzene rings is 4. The van der Waals surface area contributed by atoms with E-state index in [1.807, 2.05) is 0 Å². The van der Waals surface area contributed by atoms with E-state index in [0.29, 0.717) is 39.5 Å². The number of aromatic nitrogens is 1. The largest absolute Gasteiger partial charge is 4.00 e. The Morgan fingerprint density at radius 1 is 0.611 bits per heavy atom. The maximum absolute atomic E-state index is 13.1. The zero-order valence-electron chi connectivity index (χ0n) is 58.0. The van der Waals surface area contributed by atoms with Gasteiger partial charge < -0.3 is 90.0 Å². The van der Waals surface area contributed by atoms with Crippen LogP contribution in [0.2, 0.25) is 0 Å². The molecule has 6 atom stereocenters. The molecule has 6 amide bonds. The average Bonchev–Trinajstić information content (AvgIpc) is 0.773. The fourth-order valence-electron chi connectivity index (χ4n) is 9.14. The molecule has 0 aliphatic carbocycles. The Bertz CT molecular complexity index is 3990. The molecule has 41 nitrogen and oxygen atoms in total. The van der Waals surface area contributed by atoms with Gasteiger partial charge in [0.15, 0.2) is 11.8 Å². The summed E-state index contributed by atoms with van der Waals surface area (Å²) in [4.78, 5) is 104. The van der Waals surface area contributed by atoms with E-state index in [1.54, 1.807) is 56.3 Å². The number of pyridine rings is 1. The van der Waals surface area contributed by atoms with Gasteiger partial charge in [0.2, 0.25) is 23.6 Å². The van der Waals surface area contributed by atoms with Crippen LogP contribution in [-0.2, 0) is 90.4 Å². The summed E-state index contributed by atoms with van der Waals surface area (Å²) >= 11 is 0. The van der Waals surface area contributed by atoms with Crippen molar-refractivity contribution in [2.75, 3.05) is 53.0 Å². The monoisotopic (exact) mass is 1690 g/mol. The van der Waals surface area contributed by atoms with E-state index in [0.717, 1.165) is 18.2 Å². The van der Waals surface area contributed by atoms with E-state index in [1.165, 1.54) is 60.8 Å². The van der Waals surface area contributed by atoms with Crippen molar-refractivity contribution in [3.63, 3.8) is 0 Å². The number of aliphatic hydroxyl groups is 4. The Balaban J connectivity index is 0.000000948. The smallest absolute Gasteiger partial charge is 0.494 e. The molecule has 0 saturated carbocycles. The van der Waals surface area contributed by atoms with Crippen LogP contribution in [0.3, 0.4) is 0 Å². The number of urea groups is 1. The SMILES string of the molecule is CC(C)[C@H](N)C(=O)N[C@@H](CCCN=C(N)N)C(=O)NCC(=O)N[C@@H](CC(=O)O)C(=O)N[C@@H](Cc1ccc(OCCCNC(=O)/N=N/c2ccccn2)cc1)C(=O)O.NC(C(=O)O)C(CO)C(NCO)(NCO)NCO.O=S(=O)(O)c1cccc(P(c2cccc(S(=O)(=O)O)c2)c2cccc(S(=O)(=O)O)c2)c1.[99Tc+4].[Na+]. The van der Waals surface area contributed by atoms with Crippen LogP contribution in [0, 0.1) is 11.8 Å². The number of carbonyl (C=O) groups is 8. The number of carboxylic acids is 3. The van der Waals surface area contributed by atoms with E-state index in [9.17, 15) is 92.6 Å². The zero-order chi connectivity index (χ0) is 79.5.